The zero-order chi connectivity index (χ0) is 16.1. The highest BCUT2D eigenvalue weighted by molar-refractivity contribution is 7.80. The fourth-order valence-corrected chi connectivity index (χ4v) is 3.19. The van der Waals surface area contributed by atoms with Gasteiger partial charge in [-0.3, -0.25) is 9.69 Å². The molecule has 0 bridgehead atoms. The Hall–Kier alpha value is -2.14. The molecular formula is C17H18N2O2S. The van der Waals surface area contributed by atoms with Crippen LogP contribution in [0.1, 0.15) is 19.4 Å². The van der Waals surface area contributed by atoms with Crippen LogP contribution in [0.4, 0.5) is 5.69 Å². The lowest BCUT2D eigenvalue weighted by Gasteiger charge is -2.23. The minimum atomic E-state index is -0.210. The SMILES string of the molecule is CN1C(=O)/C(=C/C=C2\N(C)c3ccccc3C2(C)C)OC1=S. The average molecular weight is 314 g/mol. The van der Waals surface area contributed by atoms with Crippen molar-refractivity contribution in [2.45, 2.75) is 19.3 Å². The van der Waals surface area contributed by atoms with Crippen molar-refractivity contribution in [3.63, 3.8) is 0 Å². The molecular weight excluding hydrogens is 296 g/mol. The average Bonchev–Trinajstić information content (AvgIpc) is 2.84. The van der Waals surface area contributed by atoms with E-state index in [1.165, 1.54) is 16.2 Å². The Morgan fingerprint density at radius 3 is 2.41 bits per heavy atom. The van der Waals surface area contributed by atoms with Crippen molar-refractivity contribution >= 4 is 29.0 Å². The molecule has 3 rings (SSSR count). The number of thiocarbonyl (C=S) groups is 1. The Labute approximate surface area is 135 Å². The van der Waals surface area contributed by atoms with E-state index in [0.717, 1.165) is 5.70 Å². The zero-order valence-corrected chi connectivity index (χ0v) is 13.9. The van der Waals surface area contributed by atoms with Gasteiger partial charge in [-0.15, -0.1) is 0 Å². The molecule has 0 aliphatic carbocycles. The number of nitrogens with zero attached hydrogens (tertiary/aromatic N) is 2. The van der Waals surface area contributed by atoms with Crippen LogP contribution in [0.15, 0.2) is 47.9 Å². The van der Waals surface area contributed by atoms with Crippen LogP contribution in [0.3, 0.4) is 0 Å². The lowest BCUT2D eigenvalue weighted by atomic mass is 9.84. The lowest BCUT2D eigenvalue weighted by Crippen LogP contribution is -2.23. The molecule has 0 N–H and O–H groups in total. The summed E-state index contributed by atoms with van der Waals surface area (Å²) in [5.41, 5.74) is 3.44. The van der Waals surface area contributed by atoms with Gasteiger partial charge in [-0.05, 0) is 36.0 Å². The van der Waals surface area contributed by atoms with E-state index in [-0.39, 0.29) is 22.3 Å². The quantitative estimate of drug-likeness (QED) is 0.589. The molecule has 114 valence electrons. The number of amides is 1. The Bertz CT molecular complexity index is 734. The number of hydrogen-bond donors (Lipinski definition) is 0. The number of benzene rings is 1. The Morgan fingerprint density at radius 2 is 1.82 bits per heavy atom. The third-order valence-corrected chi connectivity index (χ3v) is 4.68. The van der Waals surface area contributed by atoms with Gasteiger partial charge in [-0.1, -0.05) is 32.0 Å². The van der Waals surface area contributed by atoms with Crippen LogP contribution in [-0.4, -0.2) is 30.1 Å². The molecule has 0 unspecified atom stereocenters. The molecule has 22 heavy (non-hydrogen) atoms. The van der Waals surface area contributed by atoms with E-state index in [1.54, 1.807) is 13.1 Å². The molecule has 1 saturated heterocycles. The molecule has 2 heterocycles. The Kier molecular flexibility index (Phi) is 3.33. The summed E-state index contributed by atoms with van der Waals surface area (Å²) in [6.07, 6.45) is 3.65. The smallest absolute Gasteiger partial charge is 0.296 e. The van der Waals surface area contributed by atoms with Gasteiger partial charge >= 0.3 is 0 Å². The highest BCUT2D eigenvalue weighted by atomic mass is 32.1. The number of allylic oxidation sites excluding steroid dienone is 3. The predicted molar refractivity (Wildman–Crippen MR) is 90.5 cm³/mol. The van der Waals surface area contributed by atoms with E-state index in [4.69, 9.17) is 17.0 Å². The number of hydrogen-bond acceptors (Lipinski definition) is 4. The van der Waals surface area contributed by atoms with Gasteiger partial charge in [0.15, 0.2) is 5.76 Å². The highest BCUT2D eigenvalue weighted by Crippen LogP contribution is 2.46. The van der Waals surface area contributed by atoms with Gasteiger partial charge in [-0.25, -0.2) is 0 Å². The third-order valence-electron chi connectivity index (χ3n) is 4.32. The fraction of sp³-hybridized carbons (Fsp3) is 0.294. The molecule has 2 aliphatic heterocycles. The van der Waals surface area contributed by atoms with Gasteiger partial charge in [0.05, 0.1) is 0 Å². The topological polar surface area (TPSA) is 32.8 Å². The van der Waals surface area contributed by atoms with Crippen molar-refractivity contribution in [1.29, 1.82) is 0 Å². The van der Waals surface area contributed by atoms with Gasteiger partial charge in [-0.2, -0.15) is 0 Å². The largest absolute Gasteiger partial charge is 0.426 e. The molecule has 2 aliphatic rings. The molecule has 1 fully saturated rings. The summed E-state index contributed by atoms with van der Waals surface area (Å²) in [6, 6.07) is 8.32. The van der Waals surface area contributed by atoms with Gasteiger partial charge in [0.2, 0.25) is 0 Å². The van der Waals surface area contributed by atoms with Crippen LogP contribution < -0.4 is 4.90 Å². The molecule has 1 aromatic rings. The highest BCUT2D eigenvalue weighted by Gasteiger charge is 2.38. The second-order valence-corrected chi connectivity index (χ2v) is 6.37. The van der Waals surface area contributed by atoms with E-state index in [1.807, 2.05) is 25.3 Å². The molecule has 0 spiro atoms. The molecule has 0 aromatic heterocycles. The summed E-state index contributed by atoms with van der Waals surface area (Å²) in [4.78, 5) is 15.5. The first-order valence-electron chi connectivity index (χ1n) is 7.09. The summed E-state index contributed by atoms with van der Waals surface area (Å²) in [7, 11) is 3.64. The fourth-order valence-electron chi connectivity index (χ4n) is 3.02. The molecule has 5 heteroatoms. The van der Waals surface area contributed by atoms with Crippen molar-refractivity contribution in [2.24, 2.45) is 0 Å². The first kappa shape index (κ1) is 14.8. The molecule has 0 radical (unpaired) electrons. The van der Waals surface area contributed by atoms with Crippen LogP contribution in [0.25, 0.3) is 0 Å². The van der Waals surface area contributed by atoms with E-state index < -0.39 is 0 Å². The van der Waals surface area contributed by atoms with E-state index in [0.29, 0.717) is 0 Å². The van der Waals surface area contributed by atoms with Gasteiger partial charge < -0.3 is 9.64 Å². The summed E-state index contributed by atoms with van der Waals surface area (Å²) in [6.45, 7) is 4.35. The summed E-state index contributed by atoms with van der Waals surface area (Å²) >= 11 is 4.98. The standard InChI is InChI=1S/C17H18N2O2S/c1-17(2)11-7-5-6-8-12(11)18(3)14(17)10-9-13-15(20)19(4)16(22)21-13/h5-10H,1-4H3/b13-9-,14-10-. The van der Waals surface area contributed by atoms with Gasteiger partial charge in [0.25, 0.3) is 11.1 Å². The minimum absolute atomic E-state index is 0.129. The second kappa shape index (κ2) is 4.95. The van der Waals surface area contributed by atoms with Gasteiger partial charge in [0, 0.05) is 30.9 Å². The molecule has 4 nitrogen and oxygen atoms in total. The molecule has 0 atom stereocenters. The Balaban J connectivity index is 2.00. The normalized spacial score (nSPS) is 23.5. The van der Waals surface area contributed by atoms with Crippen molar-refractivity contribution in [3.05, 3.63) is 53.4 Å². The number of carbonyl (C=O) groups excluding carboxylic acids is 1. The summed E-state index contributed by atoms with van der Waals surface area (Å²) < 4.78 is 5.33. The first-order valence-corrected chi connectivity index (χ1v) is 7.50. The number of rotatable bonds is 1. The van der Waals surface area contributed by atoms with E-state index >= 15 is 0 Å². The maximum Gasteiger partial charge on any atom is 0.296 e. The van der Waals surface area contributed by atoms with E-state index in [9.17, 15) is 4.79 Å². The lowest BCUT2D eigenvalue weighted by molar-refractivity contribution is -0.122. The minimum Gasteiger partial charge on any atom is -0.426 e. The second-order valence-electron chi connectivity index (χ2n) is 6.02. The van der Waals surface area contributed by atoms with Crippen LogP contribution in [0.2, 0.25) is 0 Å². The van der Waals surface area contributed by atoms with Crippen LogP contribution in [0, 0.1) is 0 Å². The van der Waals surface area contributed by atoms with Crippen LogP contribution >= 0.6 is 12.2 Å². The molecule has 0 saturated carbocycles. The van der Waals surface area contributed by atoms with Crippen molar-refractivity contribution in [1.82, 2.24) is 4.90 Å². The maximum atomic E-state index is 12.0. The van der Waals surface area contributed by atoms with E-state index in [2.05, 4.69) is 30.9 Å². The number of likely N-dealkylation sites (N-methyl/N-ethyl adjacent to an activating group) is 2. The zero-order valence-electron chi connectivity index (χ0n) is 13.1. The molecule has 1 aromatic carbocycles. The number of anilines is 1. The third kappa shape index (κ3) is 2.04. The van der Waals surface area contributed by atoms with Gasteiger partial charge in [0.1, 0.15) is 0 Å². The number of para-hydroxylation sites is 1. The first-order chi connectivity index (χ1) is 10.3. The summed E-state index contributed by atoms with van der Waals surface area (Å²) in [5, 5.41) is 0.192. The van der Waals surface area contributed by atoms with Crippen LogP contribution in [0.5, 0.6) is 0 Å². The van der Waals surface area contributed by atoms with Crippen LogP contribution in [-0.2, 0) is 14.9 Å². The summed E-state index contributed by atoms with van der Waals surface area (Å²) in [5.74, 6) is 0.0537. The maximum absolute atomic E-state index is 12.0. The predicted octanol–water partition coefficient (Wildman–Crippen LogP) is 2.96. The number of fused-ring (bicyclic) bond motifs is 1. The van der Waals surface area contributed by atoms with Crippen molar-refractivity contribution in [3.8, 4) is 0 Å². The Morgan fingerprint density at radius 1 is 1.14 bits per heavy atom. The monoisotopic (exact) mass is 314 g/mol. The molecule has 1 amide bonds. The number of ether oxygens (including phenoxy) is 1. The number of carbonyl (C=O) groups is 1. The van der Waals surface area contributed by atoms with Crippen molar-refractivity contribution in [2.75, 3.05) is 19.0 Å². The van der Waals surface area contributed by atoms with Crippen molar-refractivity contribution < 1.29 is 9.53 Å².